The van der Waals surface area contributed by atoms with E-state index in [1.54, 1.807) is 7.11 Å². The highest BCUT2D eigenvalue weighted by Crippen LogP contribution is 2.19. The largest absolute Gasteiger partial charge is 0.382 e. The van der Waals surface area contributed by atoms with Crippen molar-refractivity contribution >= 4 is 11.6 Å². The maximum atomic E-state index is 6.20. The number of hydrogen-bond donors (Lipinski definition) is 1. The van der Waals surface area contributed by atoms with E-state index < -0.39 is 0 Å². The highest BCUT2D eigenvalue weighted by molar-refractivity contribution is 6.31. The first-order chi connectivity index (χ1) is 8.70. The van der Waals surface area contributed by atoms with E-state index in [0.29, 0.717) is 26.4 Å². The van der Waals surface area contributed by atoms with Crippen LogP contribution in [0.2, 0.25) is 5.02 Å². The Kier molecular flexibility index (Phi) is 7.27. The highest BCUT2D eigenvalue weighted by atomic mass is 35.5. The fourth-order valence-electron chi connectivity index (χ4n) is 1.63. The molecule has 18 heavy (non-hydrogen) atoms. The summed E-state index contributed by atoms with van der Waals surface area (Å²) in [5.74, 6) is 0. The van der Waals surface area contributed by atoms with Crippen molar-refractivity contribution in [3.63, 3.8) is 0 Å². The summed E-state index contributed by atoms with van der Waals surface area (Å²) in [6.45, 7) is 8.23. The SMILES string of the molecule is CCn1nc(C)c(Cl)c1CNCCOCCOC. The van der Waals surface area contributed by atoms with Gasteiger partial charge in [0.15, 0.2) is 0 Å². The van der Waals surface area contributed by atoms with E-state index in [9.17, 15) is 0 Å². The normalized spacial score (nSPS) is 11.1. The first-order valence-electron chi connectivity index (χ1n) is 6.19. The van der Waals surface area contributed by atoms with Gasteiger partial charge >= 0.3 is 0 Å². The molecule has 0 aliphatic carbocycles. The van der Waals surface area contributed by atoms with Crippen LogP contribution in [0.3, 0.4) is 0 Å². The van der Waals surface area contributed by atoms with E-state index in [1.807, 2.05) is 11.6 Å². The third-order valence-electron chi connectivity index (χ3n) is 2.60. The molecule has 104 valence electrons. The van der Waals surface area contributed by atoms with Gasteiger partial charge in [-0.25, -0.2) is 0 Å². The van der Waals surface area contributed by atoms with Crippen molar-refractivity contribution in [2.75, 3.05) is 33.5 Å². The molecule has 0 aromatic carbocycles. The average molecular weight is 276 g/mol. The van der Waals surface area contributed by atoms with Gasteiger partial charge in [0.1, 0.15) is 0 Å². The number of methoxy groups -OCH3 is 1. The molecule has 0 saturated heterocycles. The smallest absolute Gasteiger partial charge is 0.0860 e. The Morgan fingerprint density at radius 3 is 2.78 bits per heavy atom. The molecule has 0 amide bonds. The standard InChI is InChI=1S/C12H22ClN3O2/c1-4-16-11(12(13)10(2)15-16)9-14-5-6-18-8-7-17-3/h14H,4-9H2,1-3H3. The first kappa shape index (κ1) is 15.4. The van der Waals surface area contributed by atoms with Crippen LogP contribution in [0.5, 0.6) is 0 Å². The van der Waals surface area contributed by atoms with Crippen LogP contribution in [0.25, 0.3) is 0 Å². The number of hydrogen-bond acceptors (Lipinski definition) is 4. The van der Waals surface area contributed by atoms with Crippen molar-refractivity contribution in [1.82, 2.24) is 15.1 Å². The Hall–Kier alpha value is -0.620. The number of ether oxygens (including phenoxy) is 2. The van der Waals surface area contributed by atoms with Gasteiger partial charge in [0, 0.05) is 26.7 Å². The lowest BCUT2D eigenvalue weighted by molar-refractivity contribution is 0.0718. The number of aryl methyl sites for hydroxylation is 2. The molecule has 0 aliphatic heterocycles. The van der Waals surface area contributed by atoms with Crippen molar-refractivity contribution < 1.29 is 9.47 Å². The van der Waals surface area contributed by atoms with Crippen LogP contribution < -0.4 is 5.32 Å². The molecule has 5 nitrogen and oxygen atoms in total. The summed E-state index contributed by atoms with van der Waals surface area (Å²) >= 11 is 6.20. The predicted octanol–water partition coefficient (Wildman–Crippen LogP) is 1.62. The lowest BCUT2D eigenvalue weighted by atomic mass is 10.3. The minimum atomic E-state index is 0.630. The predicted molar refractivity (Wildman–Crippen MR) is 72.0 cm³/mol. The molecule has 0 aliphatic rings. The van der Waals surface area contributed by atoms with Crippen molar-refractivity contribution in [3.8, 4) is 0 Å². The van der Waals surface area contributed by atoms with E-state index in [4.69, 9.17) is 21.1 Å². The fourth-order valence-corrected chi connectivity index (χ4v) is 1.84. The molecule has 0 atom stereocenters. The Morgan fingerprint density at radius 2 is 2.11 bits per heavy atom. The topological polar surface area (TPSA) is 48.3 Å². The van der Waals surface area contributed by atoms with E-state index in [-0.39, 0.29) is 0 Å². The second kappa shape index (κ2) is 8.48. The van der Waals surface area contributed by atoms with Gasteiger partial charge in [-0.1, -0.05) is 11.6 Å². The second-order valence-electron chi connectivity index (χ2n) is 3.94. The lowest BCUT2D eigenvalue weighted by Crippen LogP contribution is -2.22. The number of nitrogens with zero attached hydrogens (tertiary/aromatic N) is 2. The molecule has 0 bridgehead atoms. The molecule has 1 aromatic rings. The molecule has 0 unspecified atom stereocenters. The molecule has 6 heteroatoms. The summed E-state index contributed by atoms with van der Waals surface area (Å²) < 4.78 is 12.2. The zero-order chi connectivity index (χ0) is 13.4. The quantitative estimate of drug-likeness (QED) is 0.696. The van der Waals surface area contributed by atoms with Gasteiger partial charge in [-0.15, -0.1) is 0 Å². The maximum Gasteiger partial charge on any atom is 0.0860 e. The molecule has 0 fully saturated rings. The fraction of sp³-hybridized carbons (Fsp3) is 0.750. The number of aromatic nitrogens is 2. The second-order valence-corrected chi connectivity index (χ2v) is 4.32. The number of nitrogens with one attached hydrogen (secondary N) is 1. The summed E-state index contributed by atoms with van der Waals surface area (Å²) in [4.78, 5) is 0. The van der Waals surface area contributed by atoms with Crippen LogP contribution in [0.4, 0.5) is 0 Å². The Labute approximate surface area is 113 Å². The molecule has 1 aromatic heterocycles. The van der Waals surface area contributed by atoms with E-state index >= 15 is 0 Å². The summed E-state index contributed by atoms with van der Waals surface area (Å²) in [6, 6.07) is 0. The molecular formula is C12H22ClN3O2. The average Bonchev–Trinajstić information content (AvgIpc) is 2.65. The van der Waals surface area contributed by atoms with Gasteiger partial charge in [0.25, 0.3) is 0 Å². The summed E-state index contributed by atoms with van der Waals surface area (Å²) in [5.41, 5.74) is 1.92. The van der Waals surface area contributed by atoms with E-state index in [2.05, 4.69) is 17.3 Å². The summed E-state index contributed by atoms with van der Waals surface area (Å²) in [5, 5.41) is 8.42. The number of rotatable bonds is 9. The van der Waals surface area contributed by atoms with Crippen molar-refractivity contribution in [2.45, 2.75) is 26.9 Å². The molecule has 0 spiro atoms. The third-order valence-corrected chi connectivity index (χ3v) is 3.09. The Bertz CT molecular complexity index is 355. The zero-order valence-corrected chi connectivity index (χ0v) is 12.1. The molecular weight excluding hydrogens is 254 g/mol. The van der Waals surface area contributed by atoms with Crippen LogP contribution in [0, 0.1) is 6.92 Å². The van der Waals surface area contributed by atoms with Crippen LogP contribution in [0.1, 0.15) is 18.3 Å². The highest BCUT2D eigenvalue weighted by Gasteiger charge is 2.11. The number of halogens is 1. The van der Waals surface area contributed by atoms with Gasteiger partial charge in [-0.2, -0.15) is 5.10 Å². The van der Waals surface area contributed by atoms with Crippen LogP contribution in [0.15, 0.2) is 0 Å². The maximum absolute atomic E-state index is 6.20. The molecule has 1 rings (SSSR count). The van der Waals surface area contributed by atoms with Crippen molar-refractivity contribution in [1.29, 1.82) is 0 Å². The van der Waals surface area contributed by atoms with E-state index in [0.717, 1.165) is 29.5 Å². The van der Waals surface area contributed by atoms with Crippen LogP contribution in [-0.2, 0) is 22.6 Å². The minimum Gasteiger partial charge on any atom is -0.382 e. The first-order valence-corrected chi connectivity index (χ1v) is 6.57. The van der Waals surface area contributed by atoms with Crippen LogP contribution >= 0.6 is 11.6 Å². The molecule has 1 heterocycles. The molecule has 1 N–H and O–H groups in total. The van der Waals surface area contributed by atoms with Gasteiger partial charge in [-0.3, -0.25) is 4.68 Å². The summed E-state index contributed by atoms with van der Waals surface area (Å²) in [6.07, 6.45) is 0. The van der Waals surface area contributed by atoms with Crippen LogP contribution in [-0.4, -0.2) is 43.3 Å². The van der Waals surface area contributed by atoms with Crippen molar-refractivity contribution in [3.05, 3.63) is 16.4 Å². The van der Waals surface area contributed by atoms with Gasteiger partial charge in [0.2, 0.25) is 0 Å². The monoisotopic (exact) mass is 275 g/mol. The molecule has 0 radical (unpaired) electrons. The lowest BCUT2D eigenvalue weighted by Gasteiger charge is -2.08. The van der Waals surface area contributed by atoms with Gasteiger partial charge in [-0.05, 0) is 13.8 Å². The summed E-state index contributed by atoms with van der Waals surface area (Å²) in [7, 11) is 1.66. The van der Waals surface area contributed by atoms with Gasteiger partial charge in [0.05, 0.1) is 36.2 Å². The molecule has 0 saturated carbocycles. The Morgan fingerprint density at radius 1 is 1.33 bits per heavy atom. The van der Waals surface area contributed by atoms with Gasteiger partial charge < -0.3 is 14.8 Å². The minimum absolute atomic E-state index is 0.630. The third kappa shape index (κ3) is 4.57. The Balaban J connectivity index is 2.26. The zero-order valence-electron chi connectivity index (χ0n) is 11.3. The van der Waals surface area contributed by atoms with Crippen molar-refractivity contribution in [2.24, 2.45) is 0 Å². The van der Waals surface area contributed by atoms with E-state index in [1.165, 1.54) is 0 Å².